The summed E-state index contributed by atoms with van der Waals surface area (Å²) < 4.78 is 0. The zero-order chi connectivity index (χ0) is 26.2. The first-order valence-corrected chi connectivity index (χ1v) is 13.4. The van der Waals surface area contributed by atoms with Crippen molar-refractivity contribution in [1.82, 2.24) is 20.0 Å². The summed E-state index contributed by atoms with van der Waals surface area (Å²) in [6.45, 7) is 5.00. The fourth-order valence-corrected chi connectivity index (χ4v) is 6.54. The summed E-state index contributed by atoms with van der Waals surface area (Å²) in [5.74, 6) is -0.172. The summed E-state index contributed by atoms with van der Waals surface area (Å²) in [5, 5.41) is 22.9. The number of benzene rings is 1. The molecule has 36 heavy (non-hydrogen) atoms. The molecule has 1 aliphatic heterocycles. The third-order valence-corrected chi connectivity index (χ3v) is 9.07. The molecular formula is C28H44N4O4. The van der Waals surface area contributed by atoms with Crippen molar-refractivity contribution in [2.45, 2.75) is 75.5 Å². The second-order valence-electron chi connectivity index (χ2n) is 12.2. The Morgan fingerprint density at radius 3 is 2.25 bits per heavy atom. The zero-order valence-electron chi connectivity index (χ0n) is 22.4. The molecular weight excluding hydrogens is 456 g/mol. The van der Waals surface area contributed by atoms with Crippen LogP contribution in [0.15, 0.2) is 30.3 Å². The Bertz CT molecular complexity index is 936. The Morgan fingerprint density at radius 1 is 1.08 bits per heavy atom. The fourth-order valence-electron chi connectivity index (χ4n) is 6.54. The Morgan fingerprint density at radius 2 is 1.72 bits per heavy atom. The Hall–Kier alpha value is -2.16. The van der Waals surface area contributed by atoms with E-state index >= 15 is 0 Å². The number of carbonyl (C=O) groups excluding carboxylic acids is 2. The largest absolute Gasteiger partial charge is 0.395 e. The molecule has 8 nitrogen and oxygen atoms in total. The lowest BCUT2D eigenvalue weighted by atomic mass is 9.67. The van der Waals surface area contributed by atoms with Crippen LogP contribution in [0.2, 0.25) is 0 Å². The van der Waals surface area contributed by atoms with Gasteiger partial charge in [0.2, 0.25) is 5.91 Å². The predicted octanol–water partition coefficient (Wildman–Crippen LogP) is 2.54. The van der Waals surface area contributed by atoms with Crippen LogP contribution in [-0.4, -0.2) is 94.9 Å². The highest BCUT2D eigenvalue weighted by Gasteiger charge is 2.57. The summed E-state index contributed by atoms with van der Waals surface area (Å²) in [6, 6.07) is 10.6. The molecule has 0 bridgehead atoms. The Kier molecular flexibility index (Phi) is 7.43. The first-order chi connectivity index (χ1) is 17.0. The number of nitrogens with zero attached hydrogens (tertiary/aromatic N) is 3. The average Bonchev–Trinajstić information content (AvgIpc) is 3.07. The molecule has 1 aromatic carbocycles. The normalized spacial score (nSPS) is 28.0. The molecule has 0 unspecified atom stereocenters. The Labute approximate surface area is 215 Å². The standard InChI is InChI=1S/C28H44N4O4/c1-25(2,23(34)29-17-18-33)19-31-20-26(32(24(31)35)21-27(36)11-8-12-27)13-15-28(16-14-26,30(3)4)22-9-6-5-7-10-22/h5-7,9-10,33,36H,8,11-21H2,1-4H3,(H,29,34). The van der Waals surface area contributed by atoms with Crippen LogP contribution in [0.25, 0.3) is 0 Å². The molecule has 8 heteroatoms. The number of rotatable bonds is 9. The monoisotopic (exact) mass is 500 g/mol. The van der Waals surface area contributed by atoms with Crippen molar-refractivity contribution in [2.24, 2.45) is 5.41 Å². The van der Waals surface area contributed by atoms with E-state index in [9.17, 15) is 14.7 Å². The van der Waals surface area contributed by atoms with Crippen molar-refractivity contribution in [1.29, 1.82) is 0 Å². The average molecular weight is 501 g/mol. The molecule has 0 aromatic heterocycles. The van der Waals surface area contributed by atoms with Crippen LogP contribution in [0.3, 0.4) is 0 Å². The first kappa shape index (κ1) is 26.9. The summed E-state index contributed by atoms with van der Waals surface area (Å²) >= 11 is 0. The van der Waals surface area contributed by atoms with Crippen LogP contribution in [-0.2, 0) is 10.3 Å². The van der Waals surface area contributed by atoms with E-state index in [4.69, 9.17) is 5.11 Å². The number of aliphatic hydroxyl groups excluding tert-OH is 1. The molecule has 2 saturated carbocycles. The summed E-state index contributed by atoms with van der Waals surface area (Å²) in [4.78, 5) is 32.7. The van der Waals surface area contributed by atoms with Crippen molar-refractivity contribution in [3.63, 3.8) is 0 Å². The van der Waals surface area contributed by atoms with Crippen molar-refractivity contribution < 1.29 is 19.8 Å². The van der Waals surface area contributed by atoms with Crippen LogP contribution in [0.4, 0.5) is 4.79 Å². The number of hydrogen-bond donors (Lipinski definition) is 3. The molecule has 1 saturated heterocycles. The molecule has 1 aromatic rings. The summed E-state index contributed by atoms with van der Waals surface area (Å²) in [5.41, 5.74) is -0.735. The molecule has 2 aliphatic carbocycles. The highest BCUT2D eigenvalue weighted by molar-refractivity contribution is 5.84. The zero-order valence-corrected chi connectivity index (χ0v) is 22.4. The quantitative estimate of drug-likeness (QED) is 0.484. The van der Waals surface area contributed by atoms with E-state index in [2.05, 4.69) is 48.6 Å². The maximum absolute atomic E-state index is 13.8. The minimum Gasteiger partial charge on any atom is -0.395 e. The van der Waals surface area contributed by atoms with Crippen LogP contribution < -0.4 is 5.32 Å². The molecule has 200 valence electrons. The van der Waals surface area contributed by atoms with Crippen LogP contribution >= 0.6 is 0 Å². The molecule has 1 heterocycles. The summed E-state index contributed by atoms with van der Waals surface area (Å²) in [7, 11) is 4.28. The van der Waals surface area contributed by atoms with Crippen molar-refractivity contribution in [3.05, 3.63) is 35.9 Å². The fraction of sp³-hybridized carbons (Fsp3) is 0.714. The smallest absolute Gasteiger partial charge is 0.320 e. The number of hydrogen-bond acceptors (Lipinski definition) is 5. The van der Waals surface area contributed by atoms with Gasteiger partial charge in [0.25, 0.3) is 0 Å². The third kappa shape index (κ3) is 4.87. The van der Waals surface area contributed by atoms with Gasteiger partial charge >= 0.3 is 6.03 Å². The SMILES string of the molecule is CN(C)C1(c2ccccc2)CCC2(CC1)CN(CC(C)(C)C(=O)NCCO)C(=O)N2CC1(O)CCC1. The topological polar surface area (TPSA) is 96.3 Å². The van der Waals surface area contributed by atoms with Gasteiger partial charge in [-0.25, -0.2) is 4.79 Å². The molecule has 3 amide bonds. The molecule has 3 fully saturated rings. The van der Waals surface area contributed by atoms with E-state index < -0.39 is 11.0 Å². The molecule has 3 N–H and O–H groups in total. The number of aliphatic hydroxyl groups is 2. The Balaban J connectivity index is 1.58. The number of amides is 3. The number of β-amino-alcohol motifs (C(OH)–C–C–N with tert-alkyl or cyclic N) is 1. The third-order valence-electron chi connectivity index (χ3n) is 9.07. The van der Waals surface area contributed by atoms with E-state index in [0.29, 0.717) is 19.6 Å². The van der Waals surface area contributed by atoms with E-state index in [0.717, 1.165) is 44.9 Å². The second kappa shape index (κ2) is 9.95. The maximum atomic E-state index is 13.8. The van der Waals surface area contributed by atoms with Gasteiger partial charge < -0.3 is 25.3 Å². The van der Waals surface area contributed by atoms with Crippen LogP contribution in [0, 0.1) is 5.41 Å². The van der Waals surface area contributed by atoms with Crippen LogP contribution in [0.5, 0.6) is 0 Å². The molecule has 0 radical (unpaired) electrons. The van der Waals surface area contributed by atoms with Crippen LogP contribution in [0.1, 0.15) is 64.4 Å². The van der Waals surface area contributed by atoms with Gasteiger partial charge in [0, 0.05) is 25.2 Å². The minimum atomic E-state index is -0.803. The van der Waals surface area contributed by atoms with Gasteiger partial charge in [-0.3, -0.25) is 9.69 Å². The lowest BCUT2D eigenvalue weighted by Gasteiger charge is -2.52. The second-order valence-corrected chi connectivity index (χ2v) is 12.2. The van der Waals surface area contributed by atoms with E-state index in [-0.39, 0.29) is 36.2 Å². The van der Waals surface area contributed by atoms with Gasteiger partial charge in [-0.15, -0.1) is 0 Å². The summed E-state index contributed by atoms with van der Waals surface area (Å²) in [6.07, 6.45) is 5.97. The lowest BCUT2D eigenvalue weighted by Crippen LogP contribution is -2.59. The highest BCUT2D eigenvalue weighted by atomic mass is 16.3. The van der Waals surface area contributed by atoms with Gasteiger partial charge in [-0.2, -0.15) is 0 Å². The molecule has 3 aliphatic rings. The maximum Gasteiger partial charge on any atom is 0.320 e. The van der Waals surface area contributed by atoms with Gasteiger partial charge in [0.15, 0.2) is 0 Å². The van der Waals surface area contributed by atoms with E-state index in [1.807, 2.05) is 29.7 Å². The van der Waals surface area contributed by atoms with E-state index in [1.165, 1.54) is 5.56 Å². The van der Waals surface area contributed by atoms with Gasteiger partial charge in [-0.1, -0.05) is 30.3 Å². The molecule has 1 spiro atoms. The predicted molar refractivity (Wildman–Crippen MR) is 139 cm³/mol. The van der Waals surface area contributed by atoms with Crippen molar-refractivity contribution in [3.8, 4) is 0 Å². The first-order valence-electron chi connectivity index (χ1n) is 13.4. The minimum absolute atomic E-state index is 0.0737. The van der Waals surface area contributed by atoms with Crippen molar-refractivity contribution >= 4 is 11.9 Å². The number of urea groups is 1. The van der Waals surface area contributed by atoms with Crippen molar-refractivity contribution in [2.75, 3.05) is 46.9 Å². The van der Waals surface area contributed by atoms with Gasteiger partial charge in [0.05, 0.1) is 29.7 Å². The number of nitrogens with one attached hydrogen (secondary N) is 1. The molecule has 0 atom stereocenters. The molecule has 4 rings (SSSR count). The van der Waals surface area contributed by atoms with Gasteiger partial charge in [-0.05, 0) is 78.5 Å². The van der Waals surface area contributed by atoms with Gasteiger partial charge in [0.1, 0.15) is 0 Å². The van der Waals surface area contributed by atoms with E-state index in [1.54, 1.807) is 0 Å². The highest BCUT2D eigenvalue weighted by Crippen LogP contribution is 2.50. The lowest BCUT2D eigenvalue weighted by molar-refractivity contribution is -0.130. The number of carbonyl (C=O) groups is 2.